The van der Waals surface area contributed by atoms with Gasteiger partial charge in [0.2, 0.25) is 5.91 Å². The van der Waals surface area contributed by atoms with Gasteiger partial charge in [0.25, 0.3) is 5.91 Å². The van der Waals surface area contributed by atoms with E-state index in [-0.39, 0.29) is 29.3 Å². The van der Waals surface area contributed by atoms with Gasteiger partial charge in [-0.05, 0) is 23.6 Å². The van der Waals surface area contributed by atoms with Crippen molar-refractivity contribution >= 4 is 23.6 Å². The molecule has 2 heterocycles. The van der Waals surface area contributed by atoms with Gasteiger partial charge in [-0.1, -0.05) is 42.5 Å². The molecule has 2 aromatic rings. The van der Waals surface area contributed by atoms with Crippen molar-refractivity contribution in [2.24, 2.45) is 0 Å². The van der Waals surface area contributed by atoms with Crippen LogP contribution in [0.3, 0.4) is 0 Å². The van der Waals surface area contributed by atoms with Crippen LogP contribution in [0, 0.1) is 5.41 Å². The number of alkyl halides is 3. The summed E-state index contributed by atoms with van der Waals surface area (Å²) in [5.74, 6) is -3.38. The lowest BCUT2D eigenvalue weighted by atomic mass is 9.85. The molecule has 2 atom stereocenters. The van der Waals surface area contributed by atoms with Gasteiger partial charge in [0, 0.05) is 49.6 Å². The first-order valence-electron chi connectivity index (χ1n) is 10.8. The van der Waals surface area contributed by atoms with Crippen LogP contribution in [-0.2, 0) is 16.1 Å². The molecule has 0 aromatic heterocycles. The van der Waals surface area contributed by atoms with Crippen molar-refractivity contribution in [2.45, 2.75) is 38.0 Å². The summed E-state index contributed by atoms with van der Waals surface area (Å²) in [5.41, 5.74) is 2.02. The van der Waals surface area contributed by atoms with E-state index in [2.05, 4.69) is 0 Å². The minimum absolute atomic E-state index is 0.0116. The first kappa shape index (κ1) is 23.5. The zero-order chi connectivity index (χ0) is 24.6. The Hall–Kier alpha value is -3.69. The number of amides is 3. The topological polar surface area (TPSA) is 93.6 Å². The summed E-state index contributed by atoms with van der Waals surface area (Å²) in [6, 6.07) is 13.8. The molecular formula is C24H23F3N4O3. The van der Waals surface area contributed by atoms with E-state index >= 15 is 0 Å². The van der Waals surface area contributed by atoms with Crippen molar-refractivity contribution in [3.8, 4) is 0 Å². The van der Waals surface area contributed by atoms with Gasteiger partial charge in [0.1, 0.15) is 5.84 Å². The number of benzene rings is 2. The molecule has 7 nitrogen and oxygen atoms in total. The summed E-state index contributed by atoms with van der Waals surface area (Å²) in [4.78, 5) is 40.0. The average molecular weight is 472 g/mol. The molecule has 2 aliphatic rings. The molecule has 2 N–H and O–H groups in total. The Morgan fingerprint density at radius 1 is 1.12 bits per heavy atom. The van der Waals surface area contributed by atoms with E-state index in [0.717, 1.165) is 5.56 Å². The minimum atomic E-state index is -5.11. The van der Waals surface area contributed by atoms with E-state index in [0.29, 0.717) is 37.2 Å². The normalized spacial score (nSPS) is 20.2. The Kier molecular flexibility index (Phi) is 6.16. The molecule has 4 rings (SSSR count). The number of amidine groups is 1. The molecule has 178 valence electrons. The van der Waals surface area contributed by atoms with E-state index < -0.39 is 17.9 Å². The van der Waals surface area contributed by atoms with Crippen molar-refractivity contribution < 1.29 is 27.6 Å². The first-order valence-corrected chi connectivity index (χ1v) is 10.8. The highest BCUT2D eigenvalue weighted by Crippen LogP contribution is 2.36. The predicted molar refractivity (Wildman–Crippen MR) is 117 cm³/mol. The lowest BCUT2D eigenvalue weighted by Crippen LogP contribution is -2.51. The third-order valence-corrected chi connectivity index (χ3v) is 6.38. The maximum atomic E-state index is 13.4. The highest BCUT2D eigenvalue weighted by molar-refractivity contribution is 6.09. The number of carbonyl (C=O) groups excluding carboxylic acids is 3. The molecule has 34 heavy (non-hydrogen) atoms. The standard InChI is InChI=1S/C24H23F3N4O3/c1-14(32)30-10-9-20(19(13-30)15-5-3-2-4-6-15)31-12-17-8-7-16(11-18(17)22(31)33)21(28)29-23(34)24(25,26)27/h2-8,11,19-20H,9-10,12-13H2,1H3,(H2,28,29,34)/t19-,20?/m0/s1. The largest absolute Gasteiger partial charge is 0.471 e. The second kappa shape index (κ2) is 8.92. The molecule has 10 heteroatoms. The number of nitrogens with zero attached hydrogens (tertiary/aromatic N) is 2. The molecule has 0 aliphatic carbocycles. The summed E-state index contributed by atoms with van der Waals surface area (Å²) < 4.78 is 37.6. The Labute approximate surface area is 194 Å². The third kappa shape index (κ3) is 4.52. The summed E-state index contributed by atoms with van der Waals surface area (Å²) in [5, 5.41) is 9.34. The summed E-state index contributed by atoms with van der Waals surface area (Å²) in [7, 11) is 0. The highest BCUT2D eigenvalue weighted by Gasteiger charge is 2.41. The molecule has 0 radical (unpaired) electrons. The Morgan fingerprint density at radius 2 is 1.82 bits per heavy atom. The van der Waals surface area contributed by atoms with Crippen LogP contribution < -0.4 is 5.32 Å². The second-order valence-corrected chi connectivity index (χ2v) is 8.47. The number of hydrogen-bond acceptors (Lipinski definition) is 4. The molecule has 1 fully saturated rings. The SMILES string of the molecule is CC(=O)N1CCC(N2Cc3ccc(C(=N)NC(=O)C(F)(F)F)cc3C2=O)[C@H](c2ccccc2)C1. The van der Waals surface area contributed by atoms with Gasteiger partial charge >= 0.3 is 12.1 Å². The number of carbonyl (C=O) groups is 3. The van der Waals surface area contributed by atoms with Crippen molar-refractivity contribution in [1.82, 2.24) is 15.1 Å². The zero-order valence-corrected chi connectivity index (χ0v) is 18.4. The quantitative estimate of drug-likeness (QED) is 0.531. The summed E-state index contributed by atoms with van der Waals surface area (Å²) >= 11 is 0. The van der Waals surface area contributed by atoms with Crippen LogP contribution in [0.1, 0.15) is 46.3 Å². The molecule has 0 bridgehead atoms. The number of rotatable bonds is 3. The van der Waals surface area contributed by atoms with Crippen molar-refractivity contribution in [3.63, 3.8) is 0 Å². The predicted octanol–water partition coefficient (Wildman–Crippen LogP) is 3.05. The fraction of sp³-hybridized carbons (Fsp3) is 0.333. The number of halogens is 3. The molecule has 0 spiro atoms. The van der Waals surface area contributed by atoms with Crippen LogP contribution in [0.15, 0.2) is 48.5 Å². The summed E-state index contributed by atoms with van der Waals surface area (Å²) in [6.45, 7) is 2.84. The molecular weight excluding hydrogens is 449 g/mol. The molecule has 2 aromatic carbocycles. The van der Waals surface area contributed by atoms with Crippen LogP contribution in [-0.4, -0.2) is 58.7 Å². The number of piperidine rings is 1. The molecule has 0 saturated carbocycles. The third-order valence-electron chi connectivity index (χ3n) is 6.38. The van der Waals surface area contributed by atoms with Gasteiger partial charge in [-0.15, -0.1) is 0 Å². The highest BCUT2D eigenvalue weighted by atomic mass is 19.4. The van der Waals surface area contributed by atoms with E-state index in [1.807, 2.05) is 30.3 Å². The molecule has 2 aliphatic heterocycles. The lowest BCUT2D eigenvalue weighted by molar-refractivity contribution is -0.171. The van der Waals surface area contributed by atoms with Crippen molar-refractivity contribution in [3.05, 3.63) is 70.8 Å². The van der Waals surface area contributed by atoms with E-state index in [1.54, 1.807) is 15.9 Å². The van der Waals surface area contributed by atoms with Gasteiger partial charge < -0.3 is 15.1 Å². The smallest absolute Gasteiger partial charge is 0.342 e. The van der Waals surface area contributed by atoms with E-state index in [9.17, 15) is 27.6 Å². The number of nitrogens with one attached hydrogen (secondary N) is 2. The number of fused-ring (bicyclic) bond motifs is 1. The molecule has 3 amide bonds. The Balaban J connectivity index is 1.58. The Morgan fingerprint density at radius 3 is 2.47 bits per heavy atom. The summed E-state index contributed by atoms with van der Waals surface area (Å²) in [6.07, 6.45) is -4.53. The number of hydrogen-bond donors (Lipinski definition) is 2. The maximum Gasteiger partial charge on any atom is 0.471 e. The van der Waals surface area contributed by atoms with Crippen molar-refractivity contribution in [2.75, 3.05) is 13.1 Å². The van der Waals surface area contributed by atoms with Gasteiger partial charge in [0.05, 0.1) is 0 Å². The fourth-order valence-corrected chi connectivity index (χ4v) is 4.63. The van der Waals surface area contributed by atoms with E-state index in [4.69, 9.17) is 5.41 Å². The monoisotopic (exact) mass is 472 g/mol. The van der Waals surface area contributed by atoms with Gasteiger partial charge in [0.15, 0.2) is 0 Å². The second-order valence-electron chi connectivity index (χ2n) is 8.47. The van der Waals surface area contributed by atoms with Gasteiger partial charge in [-0.2, -0.15) is 13.2 Å². The van der Waals surface area contributed by atoms with Crippen LogP contribution in [0.2, 0.25) is 0 Å². The van der Waals surface area contributed by atoms with Crippen LogP contribution >= 0.6 is 0 Å². The molecule has 1 saturated heterocycles. The number of likely N-dealkylation sites (tertiary alicyclic amines) is 1. The van der Waals surface area contributed by atoms with Crippen molar-refractivity contribution in [1.29, 1.82) is 5.41 Å². The fourth-order valence-electron chi connectivity index (χ4n) is 4.63. The zero-order valence-electron chi connectivity index (χ0n) is 18.4. The van der Waals surface area contributed by atoms with Crippen LogP contribution in [0.25, 0.3) is 0 Å². The maximum absolute atomic E-state index is 13.4. The average Bonchev–Trinajstić information content (AvgIpc) is 3.14. The van der Waals surface area contributed by atoms with Gasteiger partial charge in [-0.25, -0.2) is 0 Å². The molecule has 1 unspecified atom stereocenters. The lowest BCUT2D eigenvalue weighted by Gasteiger charge is -2.42. The first-order chi connectivity index (χ1) is 16.1. The van der Waals surface area contributed by atoms with Crippen LogP contribution in [0.5, 0.6) is 0 Å². The van der Waals surface area contributed by atoms with E-state index in [1.165, 1.54) is 24.4 Å². The Bertz CT molecular complexity index is 1150. The van der Waals surface area contributed by atoms with Gasteiger partial charge in [-0.3, -0.25) is 19.8 Å². The van der Waals surface area contributed by atoms with Crippen LogP contribution in [0.4, 0.5) is 13.2 Å². The minimum Gasteiger partial charge on any atom is -0.342 e.